The average molecular weight is 343 g/mol. The monoisotopic (exact) mass is 343 g/mol. The minimum Gasteiger partial charge on any atom is -0.458 e. The molecule has 0 aromatic carbocycles. The predicted molar refractivity (Wildman–Crippen MR) is 90.2 cm³/mol. The van der Waals surface area contributed by atoms with Crippen LogP contribution in [0.25, 0.3) is 0 Å². The van der Waals surface area contributed by atoms with Gasteiger partial charge in [0.05, 0.1) is 12.9 Å². The summed E-state index contributed by atoms with van der Waals surface area (Å²) in [5.74, 6) is -0.116. The molecule has 1 aliphatic heterocycles. The number of aromatic nitrogens is 4. The van der Waals surface area contributed by atoms with Crippen LogP contribution in [0, 0.1) is 13.8 Å². The van der Waals surface area contributed by atoms with Gasteiger partial charge in [-0.25, -0.2) is 15.0 Å². The van der Waals surface area contributed by atoms with Gasteiger partial charge in [0, 0.05) is 30.2 Å². The molecule has 0 radical (unpaired) electrons. The van der Waals surface area contributed by atoms with Gasteiger partial charge in [0.15, 0.2) is 0 Å². The lowest BCUT2D eigenvalue weighted by molar-refractivity contribution is -0.134. The molecule has 8 nitrogen and oxygen atoms in total. The van der Waals surface area contributed by atoms with Gasteiger partial charge >= 0.3 is 6.01 Å². The van der Waals surface area contributed by atoms with E-state index in [4.69, 9.17) is 4.74 Å². The van der Waals surface area contributed by atoms with Crippen LogP contribution in [0.4, 0.5) is 0 Å². The fourth-order valence-corrected chi connectivity index (χ4v) is 2.79. The van der Waals surface area contributed by atoms with Crippen molar-refractivity contribution in [1.29, 1.82) is 0 Å². The van der Waals surface area contributed by atoms with Gasteiger partial charge in [-0.1, -0.05) is 0 Å². The number of carbonyl (C=O) groups excluding carboxylic acids is 1. The quantitative estimate of drug-likeness (QED) is 0.812. The Hall–Kier alpha value is -2.77. The van der Waals surface area contributed by atoms with E-state index in [9.17, 15) is 9.59 Å². The molecule has 0 spiro atoms. The zero-order chi connectivity index (χ0) is 17.8. The van der Waals surface area contributed by atoms with Crippen molar-refractivity contribution in [2.45, 2.75) is 39.3 Å². The molecule has 0 unspecified atom stereocenters. The van der Waals surface area contributed by atoms with Gasteiger partial charge in [-0.05, 0) is 32.8 Å². The lowest BCUT2D eigenvalue weighted by Crippen LogP contribution is -2.46. The van der Waals surface area contributed by atoms with Crippen molar-refractivity contribution >= 4 is 5.91 Å². The van der Waals surface area contributed by atoms with E-state index < -0.39 is 0 Å². The van der Waals surface area contributed by atoms with Gasteiger partial charge in [0.25, 0.3) is 5.56 Å². The minimum absolute atomic E-state index is 0.0124. The molecule has 2 aromatic rings. The summed E-state index contributed by atoms with van der Waals surface area (Å²) in [6.07, 6.45) is 6.20. The molecular weight excluding hydrogens is 322 g/mol. The van der Waals surface area contributed by atoms with E-state index in [0.29, 0.717) is 30.4 Å². The van der Waals surface area contributed by atoms with Gasteiger partial charge < -0.3 is 9.64 Å². The van der Waals surface area contributed by atoms with Gasteiger partial charge in [-0.15, -0.1) is 0 Å². The van der Waals surface area contributed by atoms with Crippen LogP contribution in [0.2, 0.25) is 0 Å². The van der Waals surface area contributed by atoms with E-state index in [-0.39, 0.29) is 24.1 Å². The Bertz CT molecular complexity index is 806. The Morgan fingerprint density at radius 3 is 2.80 bits per heavy atom. The summed E-state index contributed by atoms with van der Waals surface area (Å²) in [6.45, 7) is 4.60. The Kier molecular flexibility index (Phi) is 5.06. The van der Waals surface area contributed by atoms with Crippen molar-refractivity contribution < 1.29 is 9.53 Å². The first-order valence-electron chi connectivity index (χ1n) is 8.28. The van der Waals surface area contributed by atoms with Crippen molar-refractivity contribution in [1.82, 2.24) is 24.4 Å². The van der Waals surface area contributed by atoms with Crippen molar-refractivity contribution in [3.8, 4) is 6.01 Å². The third-order valence-corrected chi connectivity index (χ3v) is 4.37. The lowest BCUT2D eigenvalue weighted by atomic mass is 10.1. The van der Waals surface area contributed by atoms with E-state index in [1.807, 2.05) is 0 Å². The molecule has 1 aliphatic rings. The number of hydrogen-bond acceptors (Lipinski definition) is 6. The van der Waals surface area contributed by atoms with Crippen molar-refractivity contribution in [2.24, 2.45) is 0 Å². The molecular formula is C17H21N5O3. The SMILES string of the molecule is Cc1ncn(CC(=O)N2CCC[C@H](Oc3ncccn3)C2)c(=O)c1C. The molecule has 2 aromatic heterocycles. The maximum atomic E-state index is 12.6. The number of likely N-dealkylation sites (tertiary alicyclic amines) is 1. The molecule has 0 saturated carbocycles. The fourth-order valence-electron chi connectivity index (χ4n) is 2.79. The molecule has 1 amide bonds. The van der Waals surface area contributed by atoms with Crippen LogP contribution in [-0.4, -0.2) is 49.5 Å². The highest BCUT2D eigenvalue weighted by atomic mass is 16.5. The second-order valence-electron chi connectivity index (χ2n) is 6.14. The average Bonchev–Trinajstić information content (AvgIpc) is 2.63. The topological polar surface area (TPSA) is 90.2 Å². The maximum Gasteiger partial charge on any atom is 0.316 e. The van der Waals surface area contributed by atoms with E-state index in [1.54, 1.807) is 37.2 Å². The number of hydrogen-bond donors (Lipinski definition) is 0. The molecule has 132 valence electrons. The number of carbonyl (C=O) groups is 1. The molecule has 0 bridgehead atoms. The summed E-state index contributed by atoms with van der Waals surface area (Å²) < 4.78 is 7.10. The van der Waals surface area contributed by atoms with Crippen LogP contribution in [0.1, 0.15) is 24.1 Å². The fraction of sp³-hybridized carbons (Fsp3) is 0.471. The van der Waals surface area contributed by atoms with Crippen molar-refractivity contribution in [3.05, 3.63) is 46.4 Å². The first-order valence-corrected chi connectivity index (χ1v) is 8.28. The number of amides is 1. The summed E-state index contributed by atoms with van der Waals surface area (Å²) in [5.41, 5.74) is 1.07. The number of piperidine rings is 1. The van der Waals surface area contributed by atoms with Crippen LogP contribution in [0.5, 0.6) is 6.01 Å². The predicted octanol–water partition coefficient (Wildman–Crippen LogP) is 0.720. The van der Waals surface area contributed by atoms with Crippen LogP contribution in [-0.2, 0) is 11.3 Å². The Morgan fingerprint density at radius 1 is 1.28 bits per heavy atom. The molecule has 8 heteroatoms. The first-order chi connectivity index (χ1) is 12.0. The van der Waals surface area contributed by atoms with E-state index in [2.05, 4.69) is 15.0 Å². The second kappa shape index (κ2) is 7.42. The van der Waals surface area contributed by atoms with Gasteiger partial charge in [-0.3, -0.25) is 14.2 Å². The number of rotatable bonds is 4. The van der Waals surface area contributed by atoms with Crippen molar-refractivity contribution in [3.63, 3.8) is 0 Å². The van der Waals surface area contributed by atoms with Gasteiger partial charge in [-0.2, -0.15) is 0 Å². The summed E-state index contributed by atoms with van der Waals surface area (Å²) in [5, 5.41) is 0. The zero-order valence-corrected chi connectivity index (χ0v) is 14.4. The summed E-state index contributed by atoms with van der Waals surface area (Å²) in [4.78, 5) is 38.8. The third-order valence-electron chi connectivity index (χ3n) is 4.37. The zero-order valence-electron chi connectivity index (χ0n) is 14.4. The number of nitrogens with zero attached hydrogens (tertiary/aromatic N) is 5. The Labute approximate surface area is 145 Å². The van der Waals surface area contributed by atoms with Crippen molar-refractivity contribution in [2.75, 3.05) is 13.1 Å². The normalized spacial score (nSPS) is 17.4. The van der Waals surface area contributed by atoms with E-state index >= 15 is 0 Å². The summed E-state index contributed by atoms with van der Waals surface area (Å²) in [7, 11) is 0. The van der Waals surface area contributed by atoms with Crippen LogP contribution >= 0.6 is 0 Å². The number of aryl methyl sites for hydroxylation is 1. The Morgan fingerprint density at radius 2 is 2.04 bits per heavy atom. The standard InChI is InChI=1S/C17H21N5O3/c1-12-13(2)20-11-22(16(12)24)10-15(23)21-8-3-5-14(9-21)25-17-18-6-4-7-19-17/h4,6-7,11,14H,3,5,8-10H2,1-2H3/t14-/m0/s1. The van der Waals surface area contributed by atoms with Crippen LogP contribution < -0.4 is 10.3 Å². The van der Waals surface area contributed by atoms with Crippen LogP contribution in [0.15, 0.2) is 29.6 Å². The highest BCUT2D eigenvalue weighted by molar-refractivity contribution is 5.76. The smallest absolute Gasteiger partial charge is 0.316 e. The Balaban J connectivity index is 1.64. The first kappa shape index (κ1) is 17.1. The van der Waals surface area contributed by atoms with Crippen LogP contribution in [0.3, 0.4) is 0 Å². The molecule has 0 aliphatic carbocycles. The van der Waals surface area contributed by atoms with E-state index in [1.165, 1.54) is 10.9 Å². The summed E-state index contributed by atoms with van der Waals surface area (Å²) in [6, 6.07) is 2.04. The largest absolute Gasteiger partial charge is 0.458 e. The second-order valence-corrected chi connectivity index (χ2v) is 6.14. The molecule has 1 fully saturated rings. The molecule has 0 N–H and O–H groups in total. The molecule has 3 rings (SSSR count). The highest BCUT2D eigenvalue weighted by Gasteiger charge is 2.25. The molecule has 25 heavy (non-hydrogen) atoms. The maximum absolute atomic E-state index is 12.6. The van der Waals surface area contributed by atoms with Gasteiger partial charge in [0.2, 0.25) is 5.91 Å². The molecule has 1 saturated heterocycles. The van der Waals surface area contributed by atoms with E-state index in [0.717, 1.165) is 12.8 Å². The minimum atomic E-state index is -0.177. The lowest BCUT2D eigenvalue weighted by Gasteiger charge is -2.32. The highest BCUT2D eigenvalue weighted by Crippen LogP contribution is 2.15. The molecule has 1 atom stereocenters. The molecule has 3 heterocycles. The summed E-state index contributed by atoms with van der Waals surface area (Å²) >= 11 is 0. The number of ether oxygens (including phenoxy) is 1. The van der Waals surface area contributed by atoms with Gasteiger partial charge in [0.1, 0.15) is 12.6 Å². The third kappa shape index (κ3) is 4.01.